The quantitative estimate of drug-likeness (QED) is 0.940. The number of carbonyl (C=O) groups excluding carboxylic acids is 1. The van der Waals surface area contributed by atoms with Gasteiger partial charge in [-0.25, -0.2) is 4.79 Å². The van der Waals surface area contributed by atoms with Crippen LogP contribution in [0.15, 0.2) is 18.2 Å². The van der Waals surface area contributed by atoms with Gasteiger partial charge in [-0.05, 0) is 31.0 Å². The Bertz CT molecular complexity index is 788. The summed E-state index contributed by atoms with van der Waals surface area (Å²) in [5.41, 5.74) is 2.07. The lowest BCUT2D eigenvalue weighted by molar-refractivity contribution is 0.219. The number of nitrogens with one attached hydrogen (secondary N) is 1. The second-order valence-electron chi connectivity index (χ2n) is 5.72. The Morgan fingerprint density at radius 1 is 1.48 bits per heavy atom. The number of anilines is 1. The zero-order valence-corrected chi connectivity index (χ0v) is 13.2. The van der Waals surface area contributed by atoms with E-state index in [1.165, 1.54) is 0 Å². The second kappa shape index (κ2) is 6.08. The molecular formula is C16H18N6O. The maximum atomic E-state index is 12.4. The summed E-state index contributed by atoms with van der Waals surface area (Å²) in [6.07, 6.45) is 2.02. The molecule has 0 fully saturated rings. The van der Waals surface area contributed by atoms with E-state index >= 15 is 0 Å². The van der Waals surface area contributed by atoms with Crippen LogP contribution in [0.25, 0.3) is 0 Å². The van der Waals surface area contributed by atoms with Gasteiger partial charge in [0.15, 0.2) is 5.82 Å². The third-order valence-corrected chi connectivity index (χ3v) is 4.02. The minimum absolute atomic E-state index is 0.237. The first-order valence-electron chi connectivity index (χ1n) is 7.52. The molecule has 0 radical (unpaired) electrons. The van der Waals surface area contributed by atoms with Crippen LogP contribution >= 0.6 is 0 Å². The van der Waals surface area contributed by atoms with Gasteiger partial charge in [0.05, 0.1) is 18.2 Å². The highest BCUT2D eigenvalue weighted by molar-refractivity contribution is 5.90. The maximum absolute atomic E-state index is 12.4. The number of urea groups is 1. The Morgan fingerprint density at radius 3 is 3.09 bits per heavy atom. The molecule has 0 aliphatic carbocycles. The zero-order valence-electron chi connectivity index (χ0n) is 13.2. The Hall–Kier alpha value is -2.88. The molecule has 23 heavy (non-hydrogen) atoms. The van der Waals surface area contributed by atoms with E-state index in [0.29, 0.717) is 17.8 Å². The number of amides is 2. The lowest BCUT2D eigenvalue weighted by Gasteiger charge is -2.18. The number of aryl methyl sites for hydroxylation is 2. The molecule has 3 rings (SSSR count). The first-order chi connectivity index (χ1) is 11.1. The Balaban J connectivity index is 1.69. The van der Waals surface area contributed by atoms with Crippen molar-refractivity contribution in [1.29, 1.82) is 5.26 Å². The molecule has 0 atom stereocenters. The molecule has 0 spiro atoms. The van der Waals surface area contributed by atoms with E-state index in [-0.39, 0.29) is 6.03 Å². The summed E-state index contributed by atoms with van der Waals surface area (Å²) in [4.78, 5) is 13.9. The molecule has 1 aromatic heterocycles. The molecule has 7 heteroatoms. The number of benzene rings is 1. The number of rotatable bonds is 3. The smallest absolute Gasteiger partial charge is 0.320 e. The number of nitriles is 1. The maximum Gasteiger partial charge on any atom is 0.322 e. The first-order valence-corrected chi connectivity index (χ1v) is 7.52. The van der Waals surface area contributed by atoms with Crippen molar-refractivity contribution in [2.45, 2.75) is 32.9 Å². The molecule has 0 bridgehead atoms. The monoisotopic (exact) mass is 310 g/mol. The first kappa shape index (κ1) is 15.0. The number of aromatic nitrogens is 3. The fraction of sp³-hybridized carbons (Fsp3) is 0.375. The summed E-state index contributed by atoms with van der Waals surface area (Å²) in [5, 5.41) is 20.1. The van der Waals surface area contributed by atoms with Crippen LogP contribution in [0.5, 0.6) is 0 Å². The van der Waals surface area contributed by atoms with Crippen LogP contribution in [0.4, 0.5) is 10.5 Å². The minimum Gasteiger partial charge on any atom is -0.320 e. The minimum atomic E-state index is -0.237. The van der Waals surface area contributed by atoms with Gasteiger partial charge in [-0.2, -0.15) is 5.26 Å². The SMILES string of the molecule is Cc1ccc(C#N)cc1NC(=O)N(C)Cc1nnc2n1CCC2. The Labute approximate surface area is 134 Å². The number of nitrogens with zero attached hydrogens (tertiary/aromatic N) is 5. The molecule has 2 amide bonds. The molecule has 1 N–H and O–H groups in total. The van der Waals surface area contributed by atoms with Crippen molar-refractivity contribution in [2.75, 3.05) is 12.4 Å². The van der Waals surface area contributed by atoms with Gasteiger partial charge >= 0.3 is 6.03 Å². The van der Waals surface area contributed by atoms with E-state index < -0.39 is 0 Å². The average molecular weight is 310 g/mol. The normalized spacial score (nSPS) is 12.6. The highest BCUT2D eigenvalue weighted by Crippen LogP contribution is 2.18. The molecule has 0 saturated carbocycles. The number of carbonyl (C=O) groups is 1. The fourth-order valence-corrected chi connectivity index (χ4v) is 2.65. The molecule has 0 saturated heterocycles. The second-order valence-corrected chi connectivity index (χ2v) is 5.72. The van der Waals surface area contributed by atoms with E-state index in [1.54, 1.807) is 24.1 Å². The van der Waals surface area contributed by atoms with Gasteiger partial charge in [-0.3, -0.25) is 0 Å². The van der Waals surface area contributed by atoms with Crippen LogP contribution in [0.3, 0.4) is 0 Å². The fourth-order valence-electron chi connectivity index (χ4n) is 2.65. The van der Waals surface area contributed by atoms with E-state index in [2.05, 4.69) is 26.2 Å². The van der Waals surface area contributed by atoms with Crippen LogP contribution in [0.1, 0.15) is 29.2 Å². The van der Waals surface area contributed by atoms with E-state index in [9.17, 15) is 4.79 Å². The molecule has 1 aliphatic heterocycles. The third kappa shape index (κ3) is 3.01. The number of hydrogen-bond donors (Lipinski definition) is 1. The van der Waals surface area contributed by atoms with Crippen molar-refractivity contribution in [1.82, 2.24) is 19.7 Å². The lowest BCUT2D eigenvalue weighted by Crippen LogP contribution is -2.32. The third-order valence-electron chi connectivity index (χ3n) is 4.02. The molecule has 1 aliphatic rings. The zero-order chi connectivity index (χ0) is 16.4. The highest BCUT2D eigenvalue weighted by Gasteiger charge is 2.20. The highest BCUT2D eigenvalue weighted by atomic mass is 16.2. The topological polar surface area (TPSA) is 86.8 Å². The van der Waals surface area contributed by atoms with Crippen LogP contribution in [-0.2, 0) is 19.5 Å². The largest absolute Gasteiger partial charge is 0.322 e. The predicted octanol–water partition coefficient (Wildman–Crippen LogP) is 2.07. The molecule has 2 aromatic rings. The average Bonchev–Trinajstić information content (AvgIpc) is 3.14. The van der Waals surface area contributed by atoms with Crippen LogP contribution in [0.2, 0.25) is 0 Å². The number of fused-ring (bicyclic) bond motifs is 1. The summed E-state index contributed by atoms with van der Waals surface area (Å²) in [6.45, 7) is 3.20. The summed E-state index contributed by atoms with van der Waals surface area (Å²) >= 11 is 0. The molecular weight excluding hydrogens is 292 g/mol. The van der Waals surface area contributed by atoms with Gasteiger partial charge in [-0.1, -0.05) is 6.07 Å². The standard InChI is InChI=1S/C16H18N6O/c1-11-5-6-12(9-17)8-13(11)18-16(23)21(2)10-15-20-19-14-4-3-7-22(14)15/h5-6,8H,3-4,7,10H2,1-2H3,(H,18,23). The Morgan fingerprint density at radius 2 is 2.30 bits per heavy atom. The van der Waals surface area contributed by atoms with Crippen molar-refractivity contribution in [3.8, 4) is 6.07 Å². The Kier molecular flexibility index (Phi) is 3.98. The van der Waals surface area contributed by atoms with Gasteiger partial charge < -0.3 is 14.8 Å². The summed E-state index contributed by atoms with van der Waals surface area (Å²) in [7, 11) is 1.72. The summed E-state index contributed by atoms with van der Waals surface area (Å²) in [5.74, 6) is 1.80. The van der Waals surface area contributed by atoms with E-state index in [1.807, 2.05) is 13.0 Å². The molecule has 118 valence electrons. The van der Waals surface area contributed by atoms with Gasteiger partial charge in [-0.15, -0.1) is 10.2 Å². The van der Waals surface area contributed by atoms with Crippen molar-refractivity contribution in [3.63, 3.8) is 0 Å². The van der Waals surface area contributed by atoms with Gasteiger partial charge in [0, 0.05) is 25.7 Å². The number of hydrogen-bond acceptors (Lipinski definition) is 4. The lowest BCUT2D eigenvalue weighted by atomic mass is 10.1. The van der Waals surface area contributed by atoms with Gasteiger partial charge in [0.25, 0.3) is 0 Å². The van der Waals surface area contributed by atoms with Crippen LogP contribution in [-0.4, -0.2) is 32.7 Å². The van der Waals surface area contributed by atoms with Crippen LogP contribution in [0, 0.1) is 18.3 Å². The van der Waals surface area contributed by atoms with Gasteiger partial charge in [0.2, 0.25) is 0 Å². The van der Waals surface area contributed by atoms with E-state index in [4.69, 9.17) is 5.26 Å². The van der Waals surface area contributed by atoms with Crippen molar-refractivity contribution in [3.05, 3.63) is 41.0 Å². The molecule has 1 aromatic carbocycles. The summed E-state index contributed by atoms with van der Waals surface area (Å²) < 4.78 is 2.07. The van der Waals surface area contributed by atoms with Gasteiger partial charge in [0.1, 0.15) is 5.82 Å². The van der Waals surface area contributed by atoms with Crippen molar-refractivity contribution >= 4 is 11.7 Å². The molecule has 2 heterocycles. The molecule has 7 nitrogen and oxygen atoms in total. The summed E-state index contributed by atoms with van der Waals surface area (Å²) in [6, 6.07) is 7.06. The van der Waals surface area contributed by atoms with Crippen molar-refractivity contribution < 1.29 is 4.79 Å². The van der Waals surface area contributed by atoms with E-state index in [0.717, 1.165) is 36.6 Å². The molecule has 0 unspecified atom stereocenters. The van der Waals surface area contributed by atoms with Crippen molar-refractivity contribution in [2.24, 2.45) is 0 Å². The predicted molar refractivity (Wildman–Crippen MR) is 84.7 cm³/mol. The van der Waals surface area contributed by atoms with Crippen LogP contribution < -0.4 is 5.32 Å².